The van der Waals surface area contributed by atoms with Crippen LogP contribution in [0.5, 0.6) is 0 Å². The fraction of sp³-hybridized carbons (Fsp3) is 0.800. The smallest absolute Gasteiger partial charge is 0.315 e. The fourth-order valence-electron chi connectivity index (χ4n) is 1.16. The van der Waals surface area contributed by atoms with Crippen LogP contribution in [0.2, 0.25) is 0 Å². The molecular formula is C10H16N2O3S. The lowest BCUT2D eigenvalue weighted by atomic mass is 10.0. The van der Waals surface area contributed by atoms with E-state index in [4.69, 9.17) is 21.6 Å². The largest absolute Gasteiger partial charge is 0.481 e. The van der Waals surface area contributed by atoms with Gasteiger partial charge in [-0.15, -0.1) is 0 Å². The van der Waals surface area contributed by atoms with Crippen molar-refractivity contribution in [2.45, 2.75) is 42.8 Å². The minimum Gasteiger partial charge on any atom is -0.481 e. The molecule has 2 heterocycles. The number of hydrogen-bond donors (Lipinski definition) is 3. The molecule has 2 rings (SSSR count). The Labute approximate surface area is 115 Å². The third kappa shape index (κ3) is 2.61. The Morgan fingerprint density at radius 3 is 3.25 bits per heavy atom. The molecule has 0 aromatic rings. The Bertz CT molecular complexity index is 732. The molecule has 0 aliphatic carbocycles. The number of carboxylic acids is 1. The lowest BCUT2D eigenvalue weighted by Gasteiger charge is -2.16. The van der Waals surface area contributed by atoms with Gasteiger partial charge in [0.2, 0.25) is 0 Å². The number of hydrogen-bond acceptors (Lipinski definition) is 3. The van der Waals surface area contributed by atoms with Gasteiger partial charge in [-0.25, -0.2) is 4.79 Å². The number of urea groups is 1. The van der Waals surface area contributed by atoms with Crippen molar-refractivity contribution in [3.8, 4) is 0 Å². The average molecular weight is 256 g/mol. The Balaban J connectivity index is 2.65. The first-order chi connectivity index (χ1) is 12.1. The number of aliphatic carboxylic acids is 1. The fourth-order valence-corrected chi connectivity index (χ4v) is 1.94. The highest BCUT2D eigenvalue weighted by molar-refractivity contribution is 8.00. The highest BCUT2D eigenvalue weighted by atomic mass is 32.2. The second kappa shape index (κ2) is 4.95. The summed E-state index contributed by atoms with van der Waals surface area (Å²) in [5.41, 5.74) is -2.82. The van der Waals surface area contributed by atoms with Crippen LogP contribution in [-0.4, -0.2) is 40.1 Å². The summed E-state index contributed by atoms with van der Waals surface area (Å²) < 4.78 is 94.7. The van der Waals surface area contributed by atoms with Crippen molar-refractivity contribution in [3.63, 3.8) is 0 Å². The Hall–Kier alpha value is -0.910. The average Bonchev–Trinajstić information content (AvgIpc) is 2.89. The van der Waals surface area contributed by atoms with Gasteiger partial charge >= 0.3 is 12.0 Å². The van der Waals surface area contributed by atoms with Gasteiger partial charge in [0.1, 0.15) is 0 Å². The van der Waals surface area contributed by atoms with Gasteiger partial charge in [0.25, 0.3) is 0 Å². The molecule has 0 saturated carbocycles. The monoisotopic (exact) mass is 256 g/mol. The van der Waals surface area contributed by atoms with Crippen molar-refractivity contribution in [2.75, 3.05) is 5.70 Å². The lowest BCUT2D eigenvalue weighted by molar-refractivity contribution is -0.137. The van der Waals surface area contributed by atoms with Gasteiger partial charge in [0, 0.05) is 32.4 Å². The van der Waals surface area contributed by atoms with Crippen LogP contribution in [0.15, 0.2) is 0 Å². The molecule has 0 bridgehead atoms. The normalized spacial score (nSPS) is 59.0. The summed E-state index contributed by atoms with van der Waals surface area (Å²) >= 11 is -0.184. The Morgan fingerprint density at radius 2 is 2.50 bits per heavy atom. The van der Waals surface area contributed by atoms with Crippen molar-refractivity contribution in [1.29, 1.82) is 0 Å². The zero-order valence-corrected chi connectivity index (χ0v) is 8.57. The van der Waals surface area contributed by atoms with Gasteiger partial charge in [-0.3, -0.25) is 4.79 Å². The van der Waals surface area contributed by atoms with Gasteiger partial charge in [0.15, 0.2) is 0 Å². The van der Waals surface area contributed by atoms with E-state index in [0.717, 1.165) is 0 Å². The van der Waals surface area contributed by atoms with Crippen LogP contribution in [0.1, 0.15) is 41.9 Å². The van der Waals surface area contributed by atoms with Crippen molar-refractivity contribution < 1.29 is 31.1 Å². The number of amides is 2. The molecule has 2 saturated heterocycles. The van der Waals surface area contributed by atoms with E-state index < -0.39 is 60.5 Å². The summed E-state index contributed by atoms with van der Waals surface area (Å²) in [5.74, 6) is -2.41. The van der Waals surface area contributed by atoms with E-state index in [-0.39, 0.29) is 11.8 Å². The predicted octanol–water partition coefficient (Wildman–Crippen LogP) is 0.797. The topological polar surface area (TPSA) is 78.4 Å². The van der Waals surface area contributed by atoms with E-state index in [2.05, 4.69) is 0 Å². The number of carbonyl (C=O) groups is 2. The van der Waals surface area contributed by atoms with Crippen LogP contribution in [0.4, 0.5) is 4.79 Å². The van der Waals surface area contributed by atoms with Crippen LogP contribution in [0, 0.1) is 0 Å². The molecule has 5 nitrogen and oxygen atoms in total. The maximum atomic E-state index is 11.6. The highest BCUT2D eigenvalue weighted by Gasteiger charge is 2.42. The number of carbonyl (C=O) groups excluding carboxylic acids is 1. The summed E-state index contributed by atoms with van der Waals surface area (Å²) in [4.78, 5) is 22.7. The first kappa shape index (κ1) is 3.80. The summed E-state index contributed by atoms with van der Waals surface area (Å²) in [6, 6.07) is -5.75. The third-order valence-electron chi connectivity index (χ3n) is 1.76. The number of rotatable bonds is 5. The van der Waals surface area contributed by atoms with E-state index in [9.17, 15) is 9.59 Å². The van der Waals surface area contributed by atoms with Crippen LogP contribution in [0.25, 0.3) is 0 Å². The van der Waals surface area contributed by atoms with E-state index in [1.165, 1.54) is 0 Å². The summed E-state index contributed by atoms with van der Waals surface area (Å²) in [6.45, 7) is 0. The van der Waals surface area contributed by atoms with Crippen molar-refractivity contribution in [2.24, 2.45) is 0 Å². The molecule has 2 aliphatic rings. The van der Waals surface area contributed by atoms with Crippen molar-refractivity contribution in [1.82, 2.24) is 10.6 Å². The third-order valence-corrected chi connectivity index (χ3v) is 2.64. The molecule has 0 spiro atoms. The van der Waals surface area contributed by atoms with Crippen LogP contribution < -0.4 is 10.6 Å². The molecule has 2 fully saturated rings. The van der Waals surface area contributed by atoms with Crippen LogP contribution in [-0.2, 0) is 4.79 Å². The molecular weight excluding hydrogens is 228 g/mol. The van der Waals surface area contributed by atoms with E-state index in [1.807, 2.05) is 10.6 Å². The zero-order valence-electron chi connectivity index (χ0n) is 19.7. The second-order valence-corrected chi connectivity index (χ2v) is 3.67. The van der Waals surface area contributed by atoms with E-state index in [1.54, 1.807) is 0 Å². The van der Waals surface area contributed by atoms with E-state index >= 15 is 0 Å². The molecule has 2 amide bonds. The van der Waals surface area contributed by atoms with Gasteiger partial charge in [-0.1, -0.05) is 6.37 Å². The molecule has 3 atom stereocenters. The SMILES string of the molecule is [2H]C([2H])(C(=O)O)C([2H])([2H])C([2H])([2H])C([2H])([2H])[C@]1([2H])SC([2H])([2H])[C@]2([2H])NC(=O)N[C@@H]21. The van der Waals surface area contributed by atoms with Gasteiger partial charge < -0.3 is 15.7 Å². The molecule has 90 valence electrons. The molecule has 0 aromatic carbocycles. The molecule has 6 heteroatoms. The van der Waals surface area contributed by atoms with Crippen LogP contribution >= 0.6 is 11.8 Å². The summed E-state index contributed by atoms with van der Waals surface area (Å²) in [7, 11) is 0. The quantitative estimate of drug-likeness (QED) is 0.636. The first-order valence-electron chi connectivity index (χ1n) is 10.2. The molecule has 0 unspecified atom stereocenters. The van der Waals surface area contributed by atoms with Gasteiger partial charge in [-0.2, -0.15) is 11.8 Å². The first-order valence-corrected chi connectivity index (χ1v) is 4.97. The number of carboxylic acid groups (broad SMARTS) is 1. The van der Waals surface area contributed by atoms with E-state index in [0.29, 0.717) is 0 Å². The maximum Gasteiger partial charge on any atom is 0.315 e. The van der Waals surface area contributed by atoms with Crippen molar-refractivity contribution >= 4 is 23.8 Å². The maximum absolute atomic E-state index is 11.6. The number of thioether (sulfide) groups is 1. The second-order valence-electron chi connectivity index (χ2n) is 2.82. The number of fused-ring (bicyclic) bond motifs is 1. The summed E-state index contributed by atoms with van der Waals surface area (Å²) in [5, 5.41) is 9.73. The highest BCUT2D eigenvalue weighted by Crippen LogP contribution is 2.33. The summed E-state index contributed by atoms with van der Waals surface area (Å²) in [6.07, 6.45) is -15.7. The molecule has 0 aromatic heterocycles. The van der Waals surface area contributed by atoms with Gasteiger partial charge in [-0.05, 0) is 12.7 Å². The van der Waals surface area contributed by atoms with Crippen LogP contribution in [0.3, 0.4) is 0 Å². The Morgan fingerprint density at radius 1 is 1.69 bits per heavy atom. The molecule has 16 heavy (non-hydrogen) atoms. The van der Waals surface area contributed by atoms with Gasteiger partial charge in [0.05, 0.1) is 13.4 Å². The van der Waals surface area contributed by atoms with Crippen molar-refractivity contribution in [3.05, 3.63) is 0 Å². The molecule has 2 aliphatic heterocycles. The molecule has 0 radical (unpaired) electrons. The predicted molar refractivity (Wildman–Crippen MR) is 61.6 cm³/mol. The minimum absolute atomic E-state index is 0.184. The zero-order chi connectivity index (χ0) is 22.4. The number of nitrogens with one attached hydrogen (secondary N) is 2. The Kier molecular flexibility index (Phi) is 1.17. The standard InChI is InChI=1S/C10H16N2O3S/c13-8(14)4-2-1-3-7-9-6(5-16-7)11-10(15)12-9/h6-7,9H,1-5H2,(H,13,14)(H2,11,12,15)/t6-,7-,9-/m0/s1/i1D2,2D2,3D2,4D2,5D2,6D,7D. The minimum atomic E-state index is -4.03. The molecule has 3 N–H and O–H groups in total. The lowest BCUT2D eigenvalue weighted by Crippen LogP contribution is -2.36.